The molecular weight excluding hydrogens is 310 g/mol. The highest BCUT2D eigenvalue weighted by molar-refractivity contribution is 5.81. The summed E-state index contributed by atoms with van der Waals surface area (Å²) in [4.78, 5) is 14.6. The van der Waals surface area contributed by atoms with Crippen molar-refractivity contribution in [3.05, 3.63) is 47.5 Å². The monoisotopic (exact) mass is 343 g/mol. The Morgan fingerprint density at radius 2 is 1.96 bits per heavy atom. The van der Waals surface area contributed by atoms with Crippen molar-refractivity contribution in [1.82, 2.24) is 15.5 Å². The van der Waals surface area contributed by atoms with Crippen LogP contribution in [0.5, 0.6) is 0 Å². The molecule has 1 aromatic rings. The molecule has 138 valence electrons. The number of nitrogens with zero attached hydrogens (tertiary/aromatic N) is 1. The van der Waals surface area contributed by atoms with Crippen molar-refractivity contribution in [3.8, 4) is 0 Å². The zero-order valence-electron chi connectivity index (χ0n) is 15.9. The van der Waals surface area contributed by atoms with Gasteiger partial charge in [0.25, 0.3) is 0 Å². The van der Waals surface area contributed by atoms with Crippen LogP contribution in [0.15, 0.2) is 42.0 Å². The van der Waals surface area contributed by atoms with Crippen LogP contribution in [0.4, 0.5) is 0 Å². The van der Waals surface area contributed by atoms with Gasteiger partial charge in [0.15, 0.2) is 0 Å². The predicted octanol–water partition coefficient (Wildman–Crippen LogP) is 3.27. The van der Waals surface area contributed by atoms with Gasteiger partial charge in [-0.2, -0.15) is 0 Å². The van der Waals surface area contributed by atoms with Crippen LogP contribution < -0.4 is 10.6 Å². The lowest BCUT2D eigenvalue weighted by Crippen LogP contribution is -2.46. The second-order valence-electron chi connectivity index (χ2n) is 7.26. The Kier molecular flexibility index (Phi) is 8.16. The van der Waals surface area contributed by atoms with E-state index in [4.69, 9.17) is 0 Å². The SMILES string of the molecule is C[C@@H](N[C@H](CN(C)C)c1ccccc1)C(=O)NCCC1=CCCCC1. The minimum atomic E-state index is -0.217. The molecule has 0 aliphatic heterocycles. The van der Waals surface area contributed by atoms with Crippen LogP contribution in [0.1, 0.15) is 50.6 Å². The third-order valence-electron chi connectivity index (χ3n) is 4.72. The van der Waals surface area contributed by atoms with Crippen molar-refractivity contribution < 1.29 is 4.79 Å². The average Bonchev–Trinajstić information content (AvgIpc) is 2.62. The van der Waals surface area contributed by atoms with E-state index in [-0.39, 0.29) is 18.0 Å². The van der Waals surface area contributed by atoms with Gasteiger partial charge in [-0.15, -0.1) is 0 Å². The standard InChI is InChI=1S/C21H33N3O/c1-17(21(25)22-15-14-18-10-6-4-7-11-18)23-20(16-24(2)3)19-12-8-5-9-13-19/h5,8-10,12-13,17,20,23H,4,6-7,11,14-16H2,1-3H3,(H,22,25)/t17-,20-/m1/s1. The Balaban J connectivity index is 1.83. The number of benzene rings is 1. The first kappa shape index (κ1) is 19.7. The van der Waals surface area contributed by atoms with Crippen molar-refractivity contribution >= 4 is 5.91 Å². The van der Waals surface area contributed by atoms with Gasteiger partial charge in [-0.05, 0) is 58.7 Å². The van der Waals surface area contributed by atoms with Gasteiger partial charge >= 0.3 is 0 Å². The van der Waals surface area contributed by atoms with Gasteiger partial charge < -0.3 is 10.2 Å². The summed E-state index contributed by atoms with van der Waals surface area (Å²) in [5.74, 6) is 0.0797. The van der Waals surface area contributed by atoms with Crippen molar-refractivity contribution in [2.24, 2.45) is 0 Å². The molecule has 0 heterocycles. The van der Waals surface area contributed by atoms with E-state index in [1.54, 1.807) is 0 Å². The molecular formula is C21H33N3O. The number of nitrogens with one attached hydrogen (secondary N) is 2. The third kappa shape index (κ3) is 7.00. The largest absolute Gasteiger partial charge is 0.354 e. The number of carbonyl (C=O) groups is 1. The van der Waals surface area contributed by atoms with Crippen LogP contribution in [-0.2, 0) is 4.79 Å². The van der Waals surface area contributed by atoms with Gasteiger partial charge in [0, 0.05) is 19.1 Å². The molecule has 0 unspecified atom stereocenters. The van der Waals surface area contributed by atoms with Crippen molar-refractivity contribution in [1.29, 1.82) is 0 Å². The van der Waals surface area contributed by atoms with E-state index < -0.39 is 0 Å². The molecule has 4 heteroatoms. The zero-order valence-corrected chi connectivity index (χ0v) is 15.9. The molecule has 2 atom stereocenters. The van der Waals surface area contributed by atoms with Crippen LogP contribution in [0.25, 0.3) is 0 Å². The number of allylic oxidation sites excluding steroid dienone is 1. The highest BCUT2D eigenvalue weighted by Gasteiger charge is 2.19. The maximum Gasteiger partial charge on any atom is 0.236 e. The summed E-state index contributed by atoms with van der Waals surface area (Å²) in [6, 6.07) is 10.3. The Morgan fingerprint density at radius 3 is 2.60 bits per heavy atom. The number of hydrogen-bond donors (Lipinski definition) is 2. The summed E-state index contributed by atoms with van der Waals surface area (Å²) < 4.78 is 0. The smallest absolute Gasteiger partial charge is 0.236 e. The van der Waals surface area contributed by atoms with Gasteiger partial charge in [0.2, 0.25) is 5.91 Å². The Morgan fingerprint density at radius 1 is 1.20 bits per heavy atom. The number of hydrogen-bond acceptors (Lipinski definition) is 3. The summed E-state index contributed by atoms with van der Waals surface area (Å²) in [5.41, 5.74) is 2.71. The molecule has 0 saturated carbocycles. The average molecular weight is 344 g/mol. The molecule has 1 aliphatic rings. The van der Waals surface area contributed by atoms with Gasteiger partial charge in [-0.1, -0.05) is 42.0 Å². The lowest BCUT2D eigenvalue weighted by atomic mass is 9.97. The van der Waals surface area contributed by atoms with Gasteiger partial charge in [-0.25, -0.2) is 0 Å². The minimum Gasteiger partial charge on any atom is -0.354 e. The van der Waals surface area contributed by atoms with Crippen molar-refractivity contribution in [2.75, 3.05) is 27.2 Å². The fraction of sp³-hybridized carbons (Fsp3) is 0.571. The molecule has 1 amide bonds. The summed E-state index contributed by atoms with van der Waals surface area (Å²) in [6.07, 6.45) is 8.33. The maximum absolute atomic E-state index is 12.4. The fourth-order valence-corrected chi connectivity index (χ4v) is 3.31. The van der Waals surface area contributed by atoms with Crippen LogP contribution in [0, 0.1) is 0 Å². The lowest BCUT2D eigenvalue weighted by molar-refractivity contribution is -0.122. The van der Waals surface area contributed by atoms with Crippen LogP contribution in [0.2, 0.25) is 0 Å². The Bertz CT molecular complexity index is 554. The molecule has 0 radical (unpaired) electrons. The number of carbonyl (C=O) groups excluding carboxylic acids is 1. The van der Waals surface area contributed by atoms with Crippen molar-refractivity contribution in [3.63, 3.8) is 0 Å². The zero-order chi connectivity index (χ0) is 18.1. The summed E-state index contributed by atoms with van der Waals surface area (Å²) in [7, 11) is 4.11. The molecule has 0 aromatic heterocycles. The van der Waals surface area contributed by atoms with E-state index in [2.05, 4.69) is 47.8 Å². The second-order valence-corrected chi connectivity index (χ2v) is 7.26. The van der Waals surface area contributed by atoms with Crippen molar-refractivity contribution in [2.45, 2.75) is 51.1 Å². The van der Waals surface area contributed by atoms with E-state index in [0.29, 0.717) is 0 Å². The number of rotatable bonds is 9. The molecule has 0 fully saturated rings. The second kappa shape index (κ2) is 10.4. The Hall–Kier alpha value is -1.65. The van der Waals surface area contributed by atoms with E-state index in [0.717, 1.165) is 19.5 Å². The van der Waals surface area contributed by atoms with Crippen LogP contribution >= 0.6 is 0 Å². The molecule has 4 nitrogen and oxygen atoms in total. The van der Waals surface area contributed by atoms with E-state index >= 15 is 0 Å². The minimum absolute atomic E-state index is 0.0797. The molecule has 2 N–H and O–H groups in total. The first-order valence-electron chi connectivity index (χ1n) is 9.47. The normalized spacial score (nSPS) is 17.0. The Labute approximate surface area is 152 Å². The lowest BCUT2D eigenvalue weighted by Gasteiger charge is -2.26. The molecule has 1 aliphatic carbocycles. The first-order valence-corrected chi connectivity index (χ1v) is 9.47. The molecule has 0 bridgehead atoms. The van der Waals surface area contributed by atoms with Gasteiger partial charge in [0.05, 0.1) is 6.04 Å². The highest BCUT2D eigenvalue weighted by Crippen LogP contribution is 2.19. The first-order chi connectivity index (χ1) is 12.1. The van der Waals surface area contributed by atoms with Gasteiger partial charge in [-0.3, -0.25) is 10.1 Å². The summed E-state index contributed by atoms with van der Waals surface area (Å²) >= 11 is 0. The number of likely N-dealkylation sites (N-methyl/N-ethyl adjacent to an activating group) is 1. The quantitative estimate of drug-likeness (QED) is 0.676. The predicted molar refractivity (Wildman–Crippen MR) is 105 cm³/mol. The van der Waals surface area contributed by atoms with E-state index in [1.807, 2.05) is 25.1 Å². The van der Waals surface area contributed by atoms with Crippen LogP contribution in [-0.4, -0.2) is 44.0 Å². The number of amides is 1. The topological polar surface area (TPSA) is 44.4 Å². The fourth-order valence-electron chi connectivity index (χ4n) is 3.31. The molecule has 25 heavy (non-hydrogen) atoms. The molecule has 0 spiro atoms. The third-order valence-corrected chi connectivity index (χ3v) is 4.72. The summed E-state index contributed by atoms with van der Waals surface area (Å²) in [5, 5.41) is 6.57. The van der Waals surface area contributed by atoms with Crippen LogP contribution in [0.3, 0.4) is 0 Å². The maximum atomic E-state index is 12.4. The van der Waals surface area contributed by atoms with E-state index in [9.17, 15) is 4.79 Å². The summed E-state index contributed by atoms with van der Waals surface area (Å²) in [6.45, 7) is 3.54. The molecule has 2 rings (SSSR count). The molecule has 0 saturated heterocycles. The highest BCUT2D eigenvalue weighted by atomic mass is 16.2. The van der Waals surface area contributed by atoms with E-state index in [1.165, 1.54) is 36.8 Å². The van der Waals surface area contributed by atoms with Gasteiger partial charge in [0.1, 0.15) is 0 Å². The molecule has 1 aromatic carbocycles.